The summed E-state index contributed by atoms with van der Waals surface area (Å²) in [4.78, 5) is 3.91. The van der Waals surface area contributed by atoms with Crippen LogP contribution in [0.1, 0.15) is 12.8 Å². The fourth-order valence-electron chi connectivity index (χ4n) is 1.77. The molecule has 2 heterocycles. The Morgan fingerprint density at radius 2 is 2.27 bits per heavy atom. The molecule has 1 atom stereocenters. The van der Waals surface area contributed by atoms with Crippen molar-refractivity contribution in [2.24, 2.45) is 0 Å². The molecule has 0 spiro atoms. The largest absolute Gasteiger partial charge is 0.315 e. The molecule has 0 aromatic carbocycles. The second-order valence-electron chi connectivity index (χ2n) is 3.68. The normalized spacial score (nSPS) is 22.5. The lowest BCUT2D eigenvalue weighted by Gasteiger charge is -2.22. The van der Waals surface area contributed by atoms with Crippen LogP contribution in [0.3, 0.4) is 0 Å². The zero-order valence-corrected chi connectivity index (χ0v) is 9.20. The summed E-state index contributed by atoms with van der Waals surface area (Å²) in [6, 6.07) is 4.98. The quantitative estimate of drug-likeness (QED) is 0.802. The maximum Gasteiger partial charge on any atom is 0.199 e. The molecule has 1 aliphatic heterocycles. The third-order valence-electron chi connectivity index (χ3n) is 2.62. The molecule has 1 fully saturated rings. The molecule has 0 bridgehead atoms. The SMILES string of the molecule is O=S(=O)(c1ccccn1)[C@H]1CCCNC1. The number of sulfone groups is 1. The van der Waals surface area contributed by atoms with E-state index < -0.39 is 9.84 Å². The topological polar surface area (TPSA) is 59.1 Å². The molecule has 1 saturated heterocycles. The van der Waals surface area contributed by atoms with Gasteiger partial charge in [0.15, 0.2) is 14.9 Å². The van der Waals surface area contributed by atoms with E-state index in [1.165, 1.54) is 6.20 Å². The van der Waals surface area contributed by atoms with Crippen LogP contribution >= 0.6 is 0 Å². The van der Waals surface area contributed by atoms with Crippen LogP contribution in [0.4, 0.5) is 0 Å². The van der Waals surface area contributed by atoms with Gasteiger partial charge in [-0.2, -0.15) is 0 Å². The molecular weight excluding hydrogens is 212 g/mol. The summed E-state index contributed by atoms with van der Waals surface area (Å²) in [5, 5.41) is 2.98. The molecule has 15 heavy (non-hydrogen) atoms. The van der Waals surface area contributed by atoms with Gasteiger partial charge in [-0.25, -0.2) is 13.4 Å². The number of hydrogen-bond donors (Lipinski definition) is 1. The number of piperidine rings is 1. The second-order valence-corrected chi connectivity index (χ2v) is 5.86. The summed E-state index contributed by atoms with van der Waals surface area (Å²) in [5.41, 5.74) is 0. The minimum Gasteiger partial charge on any atom is -0.315 e. The Hall–Kier alpha value is -0.940. The highest BCUT2D eigenvalue weighted by atomic mass is 32.2. The predicted octanol–water partition coefficient (Wildman–Crippen LogP) is 0.607. The third kappa shape index (κ3) is 2.18. The molecule has 0 amide bonds. The number of pyridine rings is 1. The molecule has 1 aliphatic rings. The van der Waals surface area contributed by atoms with Crippen molar-refractivity contribution in [3.8, 4) is 0 Å². The molecule has 1 aromatic rings. The number of rotatable bonds is 2. The van der Waals surface area contributed by atoms with E-state index in [0.29, 0.717) is 6.54 Å². The summed E-state index contributed by atoms with van der Waals surface area (Å²) in [7, 11) is -3.24. The van der Waals surface area contributed by atoms with Crippen LogP contribution in [0.15, 0.2) is 29.4 Å². The maximum absolute atomic E-state index is 12.1. The first-order valence-electron chi connectivity index (χ1n) is 5.07. The summed E-state index contributed by atoms with van der Waals surface area (Å²) in [5.74, 6) is 0. The Bertz CT molecular complexity index is 410. The van der Waals surface area contributed by atoms with Crippen LogP contribution in [0, 0.1) is 0 Å². The van der Waals surface area contributed by atoms with E-state index in [-0.39, 0.29) is 10.3 Å². The summed E-state index contributed by atoms with van der Waals surface area (Å²) >= 11 is 0. The standard InChI is InChI=1S/C10H14N2O2S/c13-15(14,9-4-3-6-11-8-9)10-5-1-2-7-12-10/h1-2,5,7,9,11H,3-4,6,8H2/t9-/m0/s1. The fourth-order valence-corrected chi connectivity index (χ4v) is 3.40. The molecule has 5 heteroatoms. The van der Waals surface area contributed by atoms with Crippen molar-refractivity contribution in [2.75, 3.05) is 13.1 Å². The zero-order chi connectivity index (χ0) is 10.7. The maximum atomic E-state index is 12.1. The van der Waals surface area contributed by atoms with Crippen molar-refractivity contribution >= 4 is 9.84 Å². The van der Waals surface area contributed by atoms with Crippen molar-refractivity contribution in [3.63, 3.8) is 0 Å². The molecule has 82 valence electrons. The van der Waals surface area contributed by atoms with Crippen molar-refractivity contribution < 1.29 is 8.42 Å². The monoisotopic (exact) mass is 226 g/mol. The first kappa shape index (κ1) is 10.6. The highest BCUT2D eigenvalue weighted by Crippen LogP contribution is 2.18. The van der Waals surface area contributed by atoms with E-state index in [9.17, 15) is 8.42 Å². The average molecular weight is 226 g/mol. The number of nitrogens with zero attached hydrogens (tertiary/aromatic N) is 1. The fraction of sp³-hybridized carbons (Fsp3) is 0.500. The molecule has 0 radical (unpaired) electrons. The van der Waals surface area contributed by atoms with Crippen molar-refractivity contribution in [2.45, 2.75) is 23.1 Å². The summed E-state index contributed by atoms with van der Waals surface area (Å²) in [6.45, 7) is 1.45. The van der Waals surface area contributed by atoms with Gasteiger partial charge in [-0.1, -0.05) is 6.07 Å². The first-order valence-corrected chi connectivity index (χ1v) is 6.61. The van der Waals surface area contributed by atoms with Gasteiger partial charge in [0, 0.05) is 12.7 Å². The lowest BCUT2D eigenvalue weighted by molar-refractivity contribution is 0.495. The van der Waals surface area contributed by atoms with Gasteiger partial charge in [-0.05, 0) is 31.5 Å². The molecule has 0 aliphatic carbocycles. The Labute approximate surface area is 89.6 Å². The van der Waals surface area contributed by atoms with Gasteiger partial charge >= 0.3 is 0 Å². The lowest BCUT2D eigenvalue weighted by atomic mass is 10.2. The van der Waals surface area contributed by atoms with Crippen LogP contribution < -0.4 is 5.32 Å². The van der Waals surface area contributed by atoms with Gasteiger partial charge in [0.2, 0.25) is 0 Å². The molecule has 4 nitrogen and oxygen atoms in total. The Morgan fingerprint density at radius 3 is 2.87 bits per heavy atom. The number of nitrogens with one attached hydrogen (secondary N) is 1. The van der Waals surface area contributed by atoms with Crippen molar-refractivity contribution in [1.82, 2.24) is 10.3 Å². The molecule has 1 N–H and O–H groups in total. The van der Waals surface area contributed by atoms with Crippen LogP contribution in [0.25, 0.3) is 0 Å². The molecule has 0 saturated carbocycles. The number of hydrogen-bond acceptors (Lipinski definition) is 4. The van der Waals surface area contributed by atoms with E-state index in [2.05, 4.69) is 10.3 Å². The smallest absolute Gasteiger partial charge is 0.199 e. The van der Waals surface area contributed by atoms with Crippen LogP contribution in [-0.4, -0.2) is 31.7 Å². The van der Waals surface area contributed by atoms with Crippen LogP contribution in [-0.2, 0) is 9.84 Å². The van der Waals surface area contributed by atoms with Crippen molar-refractivity contribution in [3.05, 3.63) is 24.4 Å². The van der Waals surface area contributed by atoms with E-state index in [0.717, 1.165) is 19.4 Å². The van der Waals surface area contributed by atoms with Gasteiger partial charge in [0.25, 0.3) is 0 Å². The van der Waals surface area contributed by atoms with Gasteiger partial charge in [0.1, 0.15) is 0 Å². The molecule has 2 rings (SSSR count). The summed E-state index contributed by atoms with van der Waals surface area (Å²) < 4.78 is 24.2. The van der Waals surface area contributed by atoms with Crippen LogP contribution in [0.5, 0.6) is 0 Å². The van der Waals surface area contributed by atoms with Gasteiger partial charge in [-0.3, -0.25) is 0 Å². The van der Waals surface area contributed by atoms with Gasteiger partial charge in [0.05, 0.1) is 5.25 Å². The zero-order valence-electron chi connectivity index (χ0n) is 8.39. The minimum absolute atomic E-state index is 0.193. The van der Waals surface area contributed by atoms with E-state index in [1.807, 2.05) is 0 Å². The van der Waals surface area contributed by atoms with E-state index in [1.54, 1.807) is 18.2 Å². The Morgan fingerprint density at radius 1 is 1.40 bits per heavy atom. The van der Waals surface area contributed by atoms with E-state index >= 15 is 0 Å². The molecule has 1 aromatic heterocycles. The highest BCUT2D eigenvalue weighted by molar-refractivity contribution is 7.92. The first-order chi connectivity index (χ1) is 7.21. The second kappa shape index (κ2) is 4.28. The highest BCUT2D eigenvalue weighted by Gasteiger charge is 2.29. The Kier molecular flexibility index (Phi) is 3.02. The third-order valence-corrected chi connectivity index (χ3v) is 4.72. The number of aromatic nitrogens is 1. The predicted molar refractivity (Wildman–Crippen MR) is 57.3 cm³/mol. The van der Waals surface area contributed by atoms with Gasteiger partial charge < -0.3 is 5.32 Å². The molecular formula is C10H14N2O2S. The summed E-state index contributed by atoms with van der Waals surface area (Å²) in [6.07, 6.45) is 3.16. The average Bonchev–Trinajstić information content (AvgIpc) is 2.31. The minimum atomic E-state index is -3.24. The van der Waals surface area contributed by atoms with E-state index in [4.69, 9.17) is 0 Å². The Balaban J connectivity index is 2.26. The van der Waals surface area contributed by atoms with Crippen molar-refractivity contribution in [1.29, 1.82) is 0 Å². The lowest BCUT2D eigenvalue weighted by Crippen LogP contribution is -2.39. The van der Waals surface area contributed by atoms with Gasteiger partial charge in [-0.15, -0.1) is 0 Å². The van der Waals surface area contributed by atoms with Crippen LogP contribution in [0.2, 0.25) is 0 Å². The molecule has 0 unspecified atom stereocenters.